The van der Waals surface area contributed by atoms with Crippen LogP contribution in [0.3, 0.4) is 0 Å². The van der Waals surface area contributed by atoms with Crippen LogP contribution in [0.2, 0.25) is 0 Å². The molecule has 1 amide bonds. The summed E-state index contributed by atoms with van der Waals surface area (Å²) in [6.07, 6.45) is 1.58. The molecule has 0 saturated carbocycles. The van der Waals surface area contributed by atoms with Crippen LogP contribution in [0.4, 0.5) is 15.8 Å². The third kappa shape index (κ3) is 4.54. The topological polar surface area (TPSA) is 63.2 Å². The summed E-state index contributed by atoms with van der Waals surface area (Å²) in [5.74, 6) is -0.692. The van der Waals surface area contributed by atoms with Crippen LogP contribution in [-0.2, 0) is 4.74 Å². The van der Waals surface area contributed by atoms with Crippen LogP contribution in [0, 0.1) is 5.82 Å². The number of hydrogen-bond acceptors (Lipinski definition) is 4. The van der Waals surface area contributed by atoms with Gasteiger partial charge in [-0.1, -0.05) is 0 Å². The van der Waals surface area contributed by atoms with Gasteiger partial charge in [-0.3, -0.25) is 4.79 Å². The Bertz CT molecular complexity index is 585. The van der Waals surface area contributed by atoms with E-state index in [0.717, 1.165) is 5.69 Å². The third-order valence-corrected chi connectivity index (χ3v) is 2.73. The molecule has 0 unspecified atom stereocenters. The number of rotatable bonds is 6. The fourth-order valence-corrected chi connectivity index (χ4v) is 1.66. The first kappa shape index (κ1) is 14.9. The Morgan fingerprint density at radius 3 is 2.52 bits per heavy atom. The molecule has 0 fully saturated rings. The van der Waals surface area contributed by atoms with Gasteiger partial charge in [-0.25, -0.2) is 9.37 Å². The molecule has 5 nitrogen and oxygen atoms in total. The van der Waals surface area contributed by atoms with Crippen molar-refractivity contribution >= 4 is 17.3 Å². The average molecular weight is 289 g/mol. The average Bonchev–Trinajstić information content (AvgIpc) is 2.50. The van der Waals surface area contributed by atoms with Gasteiger partial charge in [0, 0.05) is 19.3 Å². The van der Waals surface area contributed by atoms with E-state index in [1.54, 1.807) is 25.4 Å². The van der Waals surface area contributed by atoms with E-state index in [-0.39, 0.29) is 17.4 Å². The van der Waals surface area contributed by atoms with E-state index >= 15 is 0 Å². The van der Waals surface area contributed by atoms with E-state index in [4.69, 9.17) is 4.74 Å². The molecule has 21 heavy (non-hydrogen) atoms. The van der Waals surface area contributed by atoms with Crippen molar-refractivity contribution in [1.82, 2.24) is 4.98 Å². The molecule has 1 aromatic heterocycles. The van der Waals surface area contributed by atoms with Gasteiger partial charge in [0.15, 0.2) is 0 Å². The van der Waals surface area contributed by atoms with Crippen molar-refractivity contribution in [3.8, 4) is 0 Å². The zero-order chi connectivity index (χ0) is 15.1. The molecule has 2 N–H and O–H groups in total. The molecule has 1 aromatic carbocycles. The first-order valence-corrected chi connectivity index (χ1v) is 6.45. The number of carbonyl (C=O) groups is 1. The van der Waals surface area contributed by atoms with Gasteiger partial charge >= 0.3 is 0 Å². The molecule has 0 spiro atoms. The third-order valence-electron chi connectivity index (χ3n) is 2.73. The van der Waals surface area contributed by atoms with E-state index < -0.39 is 0 Å². The van der Waals surface area contributed by atoms with Gasteiger partial charge in [-0.2, -0.15) is 0 Å². The number of aromatic nitrogens is 1. The van der Waals surface area contributed by atoms with Crippen LogP contribution in [0.25, 0.3) is 0 Å². The molecule has 2 rings (SSSR count). The quantitative estimate of drug-likeness (QED) is 0.802. The predicted octanol–water partition coefficient (Wildman–Crippen LogP) is 2.53. The lowest BCUT2D eigenvalue weighted by molar-refractivity contribution is 0.102. The molecule has 0 aliphatic carbocycles. The zero-order valence-electron chi connectivity index (χ0n) is 11.6. The number of anilines is 2. The summed E-state index contributed by atoms with van der Waals surface area (Å²) in [5, 5.41) is 5.76. The SMILES string of the molecule is COCCNc1ccc(C(=O)Nc2ccc(F)cc2)nc1. The summed E-state index contributed by atoms with van der Waals surface area (Å²) < 4.78 is 17.7. The van der Waals surface area contributed by atoms with Crippen LogP contribution in [0.15, 0.2) is 42.6 Å². The van der Waals surface area contributed by atoms with E-state index in [9.17, 15) is 9.18 Å². The summed E-state index contributed by atoms with van der Waals surface area (Å²) in [5.41, 5.74) is 1.62. The Morgan fingerprint density at radius 2 is 1.90 bits per heavy atom. The molecule has 0 saturated heterocycles. The molecule has 0 aliphatic rings. The Labute approximate surface area is 122 Å². The standard InChI is InChI=1S/C15H16FN3O2/c1-21-9-8-17-13-6-7-14(18-10-13)15(20)19-12-4-2-11(16)3-5-12/h2-7,10,17H,8-9H2,1H3,(H,19,20). The number of hydrogen-bond donors (Lipinski definition) is 2. The minimum Gasteiger partial charge on any atom is -0.383 e. The van der Waals surface area contributed by atoms with Crippen LogP contribution in [0.1, 0.15) is 10.5 Å². The number of ether oxygens (including phenoxy) is 1. The van der Waals surface area contributed by atoms with E-state index in [2.05, 4.69) is 15.6 Å². The number of nitrogens with zero attached hydrogens (tertiary/aromatic N) is 1. The smallest absolute Gasteiger partial charge is 0.274 e. The van der Waals surface area contributed by atoms with Crippen molar-refractivity contribution in [3.05, 3.63) is 54.1 Å². The predicted molar refractivity (Wildman–Crippen MR) is 79.0 cm³/mol. The number of halogens is 1. The van der Waals surface area contributed by atoms with Crippen molar-refractivity contribution in [2.45, 2.75) is 0 Å². The van der Waals surface area contributed by atoms with Crippen LogP contribution in [0.5, 0.6) is 0 Å². The maximum atomic E-state index is 12.8. The summed E-state index contributed by atoms with van der Waals surface area (Å²) >= 11 is 0. The second kappa shape index (κ2) is 7.35. The highest BCUT2D eigenvalue weighted by molar-refractivity contribution is 6.02. The Hall–Kier alpha value is -2.47. The first-order chi connectivity index (χ1) is 10.2. The number of nitrogens with one attached hydrogen (secondary N) is 2. The van der Waals surface area contributed by atoms with E-state index in [1.807, 2.05) is 0 Å². The maximum absolute atomic E-state index is 12.8. The minimum absolute atomic E-state index is 0.289. The highest BCUT2D eigenvalue weighted by Crippen LogP contribution is 2.11. The molecule has 110 valence electrons. The number of carbonyl (C=O) groups excluding carboxylic acids is 1. The lowest BCUT2D eigenvalue weighted by atomic mass is 10.2. The molecule has 0 radical (unpaired) electrons. The molecular formula is C15H16FN3O2. The first-order valence-electron chi connectivity index (χ1n) is 6.45. The lowest BCUT2D eigenvalue weighted by Gasteiger charge is -2.07. The highest BCUT2D eigenvalue weighted by atomic mass is 19.1. The van der Waals surface area contributed by atoms with Gasteiger partial charge < -0.3 is 15.4 Å². The van der Waals surface area contributed by atoms with Crippen molar-refractivity contribution in [2.24, 2.45) is 0 Å². The Morgan fingerprint density at radius 1 is 1.19 bits per heavy atom. The van der Waals surface area contributed by atoms with Gasteiger partial charge in [0.2, 0.25) is 0 Å². The molecule has 6 heteroatoms. The molecule has 1 heterocycles. The number of amides is 1. The summed E-state index contributed by atoms with van der Waals surface area (Å²) in [6.45, 7) is 1.26. The zero-order valence-corrected chi connectivity index (χ0v) is 11.6. The number of benzene rings is 1. The Kier molecular flexibility index (Phi) is 5.22. The molecule has 0 atom stereocenters. The van der Waals surface area contributed by atoms with Crippen molar-refractivity contribution < 1.29 is 13.9 Å². The molecule has 0 aliphatic heterocycles. The molecule has 2 aromatic rings. The Balaban J connectivity index is 1.94. The van der Waals surface area contributed by atoms with Crippen LogP contribution in [-0.4, -0.2) is 31.2 Å². The number of methoxy groups -OCH3 is 1. The van der Waals surface area contributed by atoms with Gasteiger partial charge in [0.05, 0.1) is 18.5 Å². The lowest BCUT2D eigenvalue weighted by Crippen LogP contribution is -2.14. The normalized spacial score (nSPS) is 10.2. The van der Waals surface area contributed by atoms with Crippen molar-refractivity contribution in [3.63, 3.8) is 0 Å². The highest BCUT2D eigenvalue weighted by Gasteiger charge is 2.07. The largest absolute Gasteiger partial charge is 0.383 e. The van der Waals surface area contributed by atoms with Crippen LogP contribution < -0.4 is 10.6 Å². The van der Waals surface area contributed by atoms with E-state index in [1.165, 1.54) is 24.3 Å². The van der Waals surface area contributed by atoms with Gasteiger partial charge in [-0.05, 0) is 36.4 Å². The monoisotopic (exact) mass is 289 g/mol. The molecule has 0 bridgehead atoms. The summed E-state index contributed by atoms with van der Waals surface area (Å²) in [4.78, 5) is 16.0. The van der Waals surface area contributed by atoms with Gasteiger partial charge in [-0.15, -0.1) is 0 Å². The van der Waals surface area contributed by atoms with Gasteiger partial charge in [0.1, 0.15) is 11.5 Å². The maximum Gasteiger partial charge on any atom is 0.274 e. The van der Waals surface area contributed by atoms with Gasteiger partial charge in [0.25, 0.3) is 5.91 Å². The summed E-state index contributed by atoms with van der Waals surface area (Å²) in [7, 11) is 1.63. The molecular weight excluding hydrogens is 273 g/mol. The summed E-state index contributed by atoms with van der Waals surface area (Å²) in [6, 6.07) is 8.94. The second-order valence-corrected chi connectivity index (χ2v) is 4.31. The fraction of sp³-hybridized carbons (Fsp3) is 0.200. The van der Waals surface area contributed by atoms with Crippen molar-refractivity contribution in [2.75, 3.05) is 30.9 Å². The minimum atomic E-state index is -0.349. The number of pyridine rings is 1. The van der Waals surface area contributed by atoms with E-state index in [0.29, 0.717) is 18.8 Å². The van der Waals surface area contributed by atoms with Crippen LogP contribution >= 0.6 is 0 Å². The van der Waals surface area contributed by atoms with Crippen molar-refractivity contribution in [1.29, 1.82) is 0 Å². The second-order valence-electron chi connectivity index (χ2n) is 4.31. The fourth-order valence-electron chi connectivity index (χ4n) is 1.66.